The number of fused-ring (bicyclic) bond motifs is 1. The van der Waals surface area contributed by atoms with E-state index in [2.05, 4.69) is 15.4 Å². The molecule has 0 radical (unpaired) electrons. The lowest BCUT2D eigenvalue weighted by Crippen LogP contribution is -2.37. The highest BCUT2D eigenvalue weighted by Crippen LogP contribution is 2.38. The van der Waals surface area contributed by atoms with Crippen molar-refractivity contribution in [1.29, 1.82) is 0 Å². The Kier molecular flexibility index (Phi) is 3.83. The van der Waals surface area contributed by atoms with Crippen molar-refractivity contribution >= 4 is 16.5 Å². The SMILES string of the molecule is O=c1ccc(C2CC2)nn1C1COCC1Nc1nc2c(s1)COCC2. The maximum atomic E-state index is 12.3. The topological polar surface area (TPSA) is 78.3 Å². The Balaban J connectivity index is 1.39. The van der Waals surface area contributed by atoms with E-state index in [1.165, 1.54) is 17.7 Å². The molecular formula is C17H20N4O3S. The van der Waals surface area contributed by atoms with Crippen molar-refractivity contribution in [1.82, 2.24) is 14.8 Å². The van der Waals surface area contributed by atoms with Crippen molar-refractivity contribution < 1.29 is 9.47 Å². The number of nitrogens with zero attached hydrogens (tertiary/aromatic N) is 3. The molecular weight excluding hydrogens is 340 g/mol. The van der Waals surface area contributed by atoms with Gasteiger partial charge in [0.05, 0.1) is 48.7 Å². The van der Waals surface area contributed by atoms with Crippen molar-refractivity contribution in [2.75, 3.05) is 25.1 Å². The predicted molar refractivity (Wildman–Crippen MR) is 93.2 cm³/mol. The largest absolute Gasteiger partial charge is 0.377 e. The third-order valence-electron chi connectivity index (χ3n) is 5.01. The number of anilines is 1. The summed E-state index contributed by atoms with van der Waals surface area (Å²) in [5.41, 5.74) is 2.07. The molecule has 3 aliphatic rings. The fraction of sp³-hybridized carbons (Fsp3) is 0.588. The Bertz CT molecular complexity index is 821. The molecule has 132 valence electrons. The van der Waals surface area contributed by atoms with E-state index in [1.807, 2.05) is 6.07 Å². The Hall–Kier alpha value is -1.77. The Morgan fingerprint density at radius 1 is 1.24 bits per heavy atom. The van der Waals surface area contributed by atoms with E-state index in [0.717, 1.165) is 29.5 Å². The quantitative estimate of drug-likeness (QED) is 0.894. The summed E-state index contributed by atoms with van der Waals surface area (Å²) in [6, 6.07) is 3.38. The van der Waals surface area contributed by atoms with Crippen LogP contribution >= 0.6 is 11.3 Å². The molecule has 0 spiro atoms. The molecule has 2 fully saturated rings. The Labute approximate surface area is 149 Å². The zero-order valence-electron chi connectivity index (χ0n) is 13.8. The Morgan fingerprint density at radius 2 is 2.16 bits per heavy atom. The number of ether oxygens (including phenoxy) is 2. The molecule has 2 unspecified atom stereocenters. The zero-order chi connectivity index (χ0) is 16.8. The van der Waals surface area contributed by atoms with Crippen LogP contribution in [-0.2, 0) is 22.5 Å². The van der Waals surface area contributed by atoms with E-state index in [-0.39, 0.29) is 17.6 Å². The maximum Gasteiger partial charge on any atom is 0.267 e. The van der Waals surface area contributed by atoms with Crippen molar-refractivity contribution in [3.8, 4) is 0 Å². The van der Waals surface area contributed by atoms with Crippen molar-refractivity contribution in [2.45, 2.75) is 43.9 Å². The van der Waals surface area contributed by atoms with Crippen LogP contribution in [0.5, 0.6) is 0 Å². The molecule has 2 aromatic heterocycles. The van der Waals surface area contributed by atoms with E-state index in [4.69, 9.17) is 9.47 Å². The summed E-state index contributed by atoms with van der Waals surface area (Å²) in [7, 11) is 0. The summed E-state index contributed by atoms with van der Waals surface area (Å²) < 4.78 is 12.8. The number of hydrogen-bond donors (Lipinski definition) is 1. The van der Waals surface area contributed by atoms with Gasteiger partial charge in [0.2, 0.25) is 0 Å². The molecule has 1 saturated heterocycles. The first-order chi connectivity index (χ1) is 12.3. The molecule has 1 N–H and O–H groups in total. The van der Waals surface area contributed by atoms with Gasteiger partial charge in [-0.3, -0.25) is 4.79 Å². The van der Waals surface area contributed by atoms with E-state index < -0.39 is 0 Å². The molecule has 0 bridgehead atoms. The van der Waals surface area contributed by atoms with Crippen LogP contribution in [0.15, 0.2) is 16.9 Å². The molecule has 5 rings (SSSR count). The van der Waals surface area contributed by atoms with E-state index in [1.54, 1.807) is 22.1 Å². The second-order valence-corrected chi connectivity index (χ2v) is 7.95. The molecule has 7 nitrogen and oxygen atoms in total. The highest BCUT2D eigenvalue weighted by molar-refractivity contribution is 7.15. The normalized spacial score (nSPS) is 25.8. The first-order valence-electron chi connectivity index (χ1n) is 8.78. The lowest BCUT2D eigenvalue weighted by Gasteiger charge is -2.20. The summed E-state index contributed by atoms with van der Waals surface area (Å²) in [6.45, 7) is 2.42. The third kappa shape index (κ3) is 2.98. The van der Waals surface area contributed by atoms with E-state index in [0.29, 0.717) is 25.7 Å². The van der Waals surface area contributed by atoms with E-state index >= 15 is 0 Å². The van der Waals surface area contributed by atoms with Crippen LogP contribution in [0.4, 0.5) is 5.13 Å². The van der Waals surface area contributed by atoms with Gasteiger partial charge in [-0.15, -0.1) is 0 Å². The number of rotatable bonds is 4. The first kappa shape index (κ1) is 15.5. The number of thiazole rings is 1. The van der Waals surface area contributed by atoms with Crippen LogP contribution in [0.3, 0.4) is 0 Å². The second kappa shape index (κ2) is 6.19. The van der Waals surface area contributed by atoms with Crippen LogP contribution < -0.4 is 10.9 Å². The fourth-order valence-electron chi connectivity index (χ4n) is 3.44. The van der Waals surface area contributed by atoms with Crippen LogP contribution in [0.1, 0.15) is 41.1 Å². The minimum Gasteiger partial charge on any atom is -0.377 e. The lowest BCUT2D eigenvalue weighted by molar-refractivity contribution is 0.112. The van der Waals surface area contributed by atoms with Gasteiger partial charge in [0.1, 0.15) is 6.04 Å². The van der Waals surface area contributed by atoms with E-state index in [9.17, 15) is 4.79 Å². The molecule has 8 heteroatoms. The summed E-state index contributed by atoms with van der Waals surface area (Å²) in [6.07, 6.45) is 3.20. The monoisotopic (exact) mass is 360 g/mol. The van der Waals surface area contributed by atoms with Crippen LogP contribution in [0, 0.1) is 0 Å². The van der Waals surface area contributed by atoms with Gasteiger partial charge < -0.3 is 14.8 Å². The molecule has 2 aliphatic heterocycles. The van der Waals surface area contributed by atoms with Gasteiger partial charge in [0.15, 0.2) is 5.13 Å². The number of nitrogens with one attached hydrogen (secondary N) is 1. The van der Waals surface area contributed by atoms with Crippen molar-refractivity contribution in [2.24, 2.45) is 0 Å². The van der Waals surface area contributed by atoms with Gasteiger partial charge in [-0.25, -0.2) is 9.67 Å². The summed E-state index contributed by atoms with van der Waals surface area (Å²) in [4.78, 5) is 18.2. The highest BCUT2D eigenvalue weighted by atomic mass is 32.1. The van der Waals surface area contributed by atoms with Crippen LogP contribution in [0.2, 0.25) is 0 Å². The fourth-order valence-corrected chi connectivity index (χ4v) is 4.45. The molecule has 25 heavy (non-hydrogen) atoms. The Morgan fingerprint density at radius 3 is 3.00 bits per heavy atom. The molecule has 2 aromatic rings. The highest BCUT2D eigenvalue weighted by Gasteiger charge is 2.34. The zero-order valence-corrected chi connectivity index (χ0v) is 14.6. The van der Waals surface area contributed by atoms with Gasteiger partial charge in [-0.2, -0.15) is 5.10 Å². The summed E-state index contributed by atoms with van der Waals surface area (Å²) in [5.74, 6) is 0.520. The smallest absolute Gasteiger partial charge is 0.267 e. The van der Waals surface area contributed by atoms with Crippen molar-refractivity contribution in [3.05, 3.63) is 38.8 Å². The lowest BCUT2D eigenvalue weighted by atomic mass is 10.2. The third-order valence-corrected chi connectivity index (χ3v) is 6.01. The molecule has 4 heterocycles. The van der Waals surface area contributed by atoms with Gasteiger partial charge >= 0.3 is 0 Å². The number of aromatic nitrogens is 3. The van der Waals surface area contributed by atoms with Crippen LogP contribution in [-0.4, -0.2) is 40.6 Å². The minimum atomic E-state index is -0.108. The van der Waals surface area contributed by atoms with Gasteiger partial charge in [0.25, 0.3) is 5.56 Å². The second-order valence-electron chi connectivity index (χ2n) is 6.86. The molecule has 0 amide bonds. The van der Waals surface area contributed by atoms with Gasteiger partial charge in [-0.1, -0.05) is 11.3 Å². The minimum absolute atomic E-state index is 0.00632. The summed E-state index contributed by atoms with van der Waals surface area (Å²) >= 11 is 1.63. The number of hydrogen-bond acceptors (Lipinski definition) is 7. The van der Waals surface area contributed by atoms with Gasteiger partial charge in [0, 0.05) is 18.4 Å². The van der Waals surface area contributed by atoms with Crippen LogP contribution in [0.25, 0.3) is 0 Å². The van der Waals surface area contributed by atoms with Crippen molar-refractivity contribution in [3.63, 3.8) is 0 Å². The standard InChI is InChI=1S/C17H20N4O3S/c22-16-4-3-11(10-1-2-10)20-21(16)14-8-24-7-13(14)19-17-18-12-5-6-23-9-15(12)25-17/h3-4,10,13-14H,1-2,5-9H2,(H,18,19). The molecule has 1 aliphatic carbocycles. The molecule has 1 saturated carbocycles. The molecule has 2 atom stereocenters. The predicted octanol–water partition coefficient (Wildman–Crippen LogP) is 1.70. The average Bonchev–Trinajstić information content (AvgIpc) is 3.23. The summed E-state index contributed by atoms with van der Waals surface area (Å²) in [5, 5.41) is 8.96. The molecule has 0 aromatic carbocycles. The average molecular weight is 360 g/mol. The first-order valence-corrected chi connectivity index (χ1v) is 9.60. The maximum absolute atomic E-state index is 12.3. The van der Waals surface area contributed by atoms with Gasteiger partial charge in [-0.05, 0) is 18.9 Å².